The van der Waals surface area contributed by atoms with Crippen LogP contribution in [0.4, 0.5) is 0 Å². The van der Waals surface area contributed by atoms with Gasteiger partial charge in [-0.25, -0.2) is 26.3 Å². The highest BCUT2D eigenvalue weighted by Crippen LogP contribution is 2.42. The number of halogens is 2. The molecule has 5 N–H and O–H groups in total. The van der Waals surface area contributed by atoms with Gasteiger partial charge in [-0.15, -0.1) is 0 Å². The summed E-state index contributed by atoms with van der Waals surface area (Å²) in [5.74, 6) is -0.500. The van der Waals surface area contributed by atoms with Crippen molar-refractivity contribution in [1.29, 1.82) is 0 Å². The third-order valence-corrected chi connectivity index (χ3v) is 12.6. The lowest BCUT2D eigenvalue weighted by molar-refractivity contribution is 0.466. The van der Waals surface area contributed by atoms with E-state index in [2.05, 4.69) is 19.4 Å². The number of H-pyrrole nitrogens is 2. The Bertz CT molecular complexity index is 2440. The summed E-state index contributed by atoms with van der Waals surface area (Å²) < 4.78 is 58.3. The first-order chi connectivity index (χ1) is 25.0. The molecule has 52 heavy (non-hydrogen) atoms. The molecule has 13 heteroatoms. The molecular weight excluding hydrogens is 739 g/mol. The minimum atomic E-state index is -3.82. The number of phenols is 1. The normalized spacial score (nSPS) is 12.3. The summed E-state index contributed by atoms with van der Waals surface area (Å²) in [5.41, 5.74) is 5.59. The van der Waals surface area contributed by atoms with Gasteiger partial charge < -0.3 is 15.1 Å². The zero-order chi connectivity index (χ0) is 36.5. The smallest absolute Gasteiger partial charge is 0.240 e. The van der Waals surface area contributed by atoms with Gasteiger partial charge in [0.2, 0.25) is 20.0 Å². The maximum absolute atomic E-state index is 13.2. The van der Waals surface area contributed by atoms with Gasteiger partial charge in [0.1, 0.15) is 5.75 Å². The minimum absolute atomic E-state index is 0.0774. The van der Waals surface area contributed by atoms with E-state index in [9.17, 15) is 21.9 Å². The Balaban J connectivity index is 1.30. The Morgan fingerprint density at radius 3 is 1.40 bits per heavy atom. The van der Waals surface area contributed by atoms with Gasteiger partial charge in [0.25, 0.3) is 0 Å². The Labute approximate surface area is 311 Å². The van der Waals surface area contributed by atoms with Crippen molar-refractivity contribution in [1.82, 2.24) is 19.4 Å². The number of fused-ring (bicyclic) bond motifs is 2. The summed E-state index contributed by atoms with van der Waals surface area (Å²) in [7, 11) is -7.65. The van der Waals surface area contributed by atoms with Gasteiger partial charge in [-0.2, -0.15) is 0 Å². The molecule has 0 atom stereocenters. The van der Waals surface area contributed by atoms with E-state index < -0.39 is 26.0 Å². The van der Waals surface area contributed by atoms with E-state index >= 15 is 0 Å². The van der Waals surface area contributed by atoms with Gasteiger partial charge in [0, 0.05) is 61.9 Å². The van der Waals surface area contributed by atoms with E-state index in [1.807, 2.05) is 60.7 Å². The second kappa shape index (κ2) is 14.8. The second-order valence-corrected chi connectivity index (χ2v) is 16.7. The number of hydrogen-bond donors (Lipinski definition) is 5. The second-order valence-electron chi connectivity index (χ2n) is 12.3. The molecule has 0 spiro atoms. The van der Waals surface area contributed by atoms with Crippen LogP contribution in [0.25, 0.3) is 21.8 Å². The number of hydrogen-bond acceptors (Lipinski definition) is 5. The monoisotopic (exact) mass is 772 g/mol. The number of aromatic hydroxyl groups is 1. The Morgan fingerprint density at radius 2 is 0.962 bits per heavy atom. The van der Waals surface area contributed by atoms with Gasteiger partial charge >= 0.3 is 0 Å². The number of phenolic OH excluding ortho intramolecular Hbond substituents is 1. The molecule has 0 bridgehead atoms. The largest absolute Gasteiger partial charge is 0.508 e. The van der Waals surface area contributed by atoms with Crippen molar-refractivity contribution in [3.63, 3.8) is 0 Å². The number of sulfonamides is 2. The fraction of sp³-hybridized carbons (Fsp3) is 0.128. The number of benzene rings is 5. The molecular formula is C39H34Cl2N4O5S2. The zero-order valence-corrected chi connectivity index (χ0v) is 30.8. The van der Waals surface area contributed by atoms with Crippen LogP contribution in [0.3, 0.4) is 0 Å². The minimum Gasteiger partial charge on any atom is -0.508 e. The van der Waals surface area contributed by atoms with Crippen LogP contribution in [-0.4, -0.2) is 45.0 Å². The first-order valence-electron chi connectivity index (χ1n) is 16.5. The van der Waals surface area contributed by atoms with Crippen LogP contribution in [-0.2, 0) is 32.9 Å². The maximum atomic E-state index is 13.2. The average molecular weight is 774 g/mol. The van der Waals surface area contributed by atoms with E-state index in [1.165, 1.54) is 48.5 Å². The molecule has 0 aliphatic rings. The molecule has 0 radical (unpaired) electrons. The molecule has 0 aliphatic carbocycles. The molecule has 0 saturated heterocycles. The maximum Gasteiger partial charge on any atom is 0.240 e. The molecule has 0 aliphatic heterocycles. The average Bonchev–Trinajstić information content (AvgIpc) is 3.68. The molecule has 7 aromatic rings. The van der Waals surface area contributed by atoms with Crippen molar-refractivity contribution in [2.45, 2.75) is 28.6 Å². The number of para-hydroxylation sites is 3. The van der Waals surface area contributed by atoms with Gasteiger partial charge in [0.05, 0.1) is 15.7 Å². The molecule has 0 amide bonds. The number of rotatable bonds is 13. The van der Waals surface area contributed by atoms with E-state index in [0.29, 0.717) is 28.5 Å². The van der Waals surface area contributed by atoms with Crippen LogP contribution in [0.1, 0.15) is 34.0 Å². The lowest BCUT2D eigenvalue weighted by Crippen LogP contribution is -2.26. The third kappa shape index (κ3) is 7.34. The molecule has 2 heterocycles. The fourth-order valence-electron chi connectivity index (χ4n) is 6.68. The SMILES string of the molecule is O=S(=O)(NCCc1c(C(c2ccccc2O)c2[nH]c3ccccc3c2CCNS(=O)(=O)c2ccc(Cl)cc2)[nH]c2ccccc12)c1ccc(Cl)cc1. The first kappa shape index (κ1) is 35.8. The predicted molar refractivity (Wildman–Crippen MR) is 206 cm³/mol. The molecule has 2 aromatic heterocycles. The van der Waals surface area contributed by atoms with Crippen LogP contribution in [0.2, 0.25) is 10.0 Å². The van der Waals surface area contributed by atoms with E-state index in [4.69, 9.17) is 23.2 Å². The van der Waals surface area contributed by atoms with Crippen molar-refractivity contribution in [3.8, 4) is 5.75 Å². The van der Waals surface area contributed by atoms with Crippen LogP contribution in [0, 0.1) is 0 Å². The molecule has 9 nitrogen and oxygen atoms in total. The summed E-state index contributed by atoms with van der Waals surface area (Å²) in [4.78, 5) is 7.43. The van der Waals surface area contributed by atoms with Gasteiger partial charge in [0.15, 0.2) is 0 Å². The Morgan fingerprint density at radius 1 is 0.558 bits per heavy atom. The quantitative estimate of drug-likeness (QED) is 0.0810. The van der Waals surface area contributed by atoms with Crippen molar-refractivity contribution < 1.29 is 21.9 Å². The van der Waals surface area contributed by atoms with E-state index in [-0.39, 0.29) is 28.6 Å². The standard InChI is InChI=1S/C39H34Cl2N4O5S2/c40-25-13-17-27(18-14-25)51(47,48)42-23-21-31-29-7-1-4-10-34(29)44-38(31)37(33-9-3-6-12-36(33)46)39-32(30-8-2-5-11-35(30)45-39)22-24-43-52(49,50)28-19-15-26(41)16-20-28/h1-20,37,42-46H,21-24H2. The van der Waals surface area contributed by atoms with Gasteiger partial charge in [-0.05, 0) is 90.7 Å². The van der Waals surface area contributed by atoms with Crippen LogP contribution >= 0.6 is 23.2 Å². The third-order valence-electron chi connectivity index (χ3n) is 9.10. The number of aromatic amines is 2. The van der Waals surface area contributed by atoms with Crippen LogP contribution in [0.15, 0.2) is 131 Å². The molecule has 0 unspecified atom stereocenters. The Hall–Kier alpha value is -4.62. The summed E-state index contributed by atoms with van der Waals surface area (Å²) in [6.45, 7) is 0.193. The van der Waals surface area contributed by atoms with Gasteiger partial charge in [-0.3, -0.25) is 0 Å². The van der Waals surface area contributed by atoms with Crippen LogP contribution in [0.5, 0.6) is 5.75 Å². The highest BCUT2D eigenvalue weighted by atomic mass is 35.5. The highest BCUT2D eigenvalue weighted by molar-refractivity contribution is 7.89. The van der Waals surface area contributed by atoms with Crippen molar-refractivity contribution in [3.05, 3.63) is 159 Å². The van der Waals surface area contributed by atoms with Crippen molar-refractivity contribution in [2.75, 3.05) is 13.1 Å². The van der Waals surface area contributed by atoms with Crippen LogP contribution < -0.4 is 9.44 Å². The molecule has 266 valence electrons. The van der Waals surface area contributed by atoms with Crippen molar-refractivity contribution in [2.24, 2.45) is 0 Å². The number of aromatic nitrogens is 2. The topological polar surface area (TPSA) is 144 Å². The zero-order valence-electron chi connectivity index (χ0n) is 27.6. The first-order valence-corrected chi connectivity index (χ1v) is 20.2. The summed E-state index contributed by atoms with van der Waals surface area (Å²) >= 11 is 12.0. The lowest BCUT2D eigenvalue weighted by atomic mass is 9.86. The Kier molecular flexibility index (Phi) is 10.2. The summed E-state index contributed by atoms with van der Waals surface area (Å²) in [6.07, 6.45) is 0.652. The fourth-order valence-corrected chi connectivity index (χ4v) is 8.99. The number of nitrogens with one attached hydrogen (secondary N) is 4. The molecule has 5 aromatic carbocycles. The van der Waals surface area contributed by atoms with Gasteiger partial charge in [-0.1, -0.05) is 77.8 Å². The van der Waals surface area contributed by atoms with E-state index in [0.717, 1.165) is 44.3 Å². The summed E-state index contributed by atoms with van der Waals surface area (Å²) in [5, 5.41) is 14.1. The lowest BCUT2D eigenvalue weighted by Gasteiger charge is -2.21. The molecule has 0 saturated carbocycles. The summed E-state index contributed by atoms with van der Waals surface area (Å²) in [6, 6.07) is 34.7. The highest BCUT2D eigenvalue weighted by Gasteiger charge is 2.30. The van der Waals surface area contributed by atoms with Crippen molar-refractivity contribution >= 4 is 65.1 Å². The molecule has 0 fully saturated rings. The van der Waals surface area contributed by atoms with E-state index in [1.54, 1.807) is 12.1 Å². The predicted octanol–water partition coefficient (Wildman–Crippen LogP) is 7.88. The molecule has 7 rings (SSSR count).